The lowest BCUT2D eigenvalue weighted by Gasteiger charge is -2.17. The van der Waals surface area contributed by atoms with Gasteiger partial charge < -0.3 is 10.4 Å². The first-order chi connectivity index (χ1) is 9.77. The molecule has 0 saturated carbocycles. The van der Waals surface area contributed by atoms with Crippen LogP contribution in [0.15, 0.2) is 36.4 Å². The molecular formula is C16H18FNO2S. The normalized spacial score (nSPS) is 13.0. The molecule has 1 aromatic carbocycles. The van der Waals surface area contributed by atoms with Crippen LogP contribution >= 0.6 is 11.3 Å². The van der Waals surface area contributed by atoms with E-state index in [1.165, 1.54) is 35.6 Å². The number of thiophene rings is 1. The van der Waals surface area contributed by atoms with Crippen molar-refractivity contribution in [3.8, 4) is 0 Å². The van der Waals surface area contributed by atoms with Crippen LogP contribution in [0.3, 0.4) is 0 Å². The van der Waals surface area contributed by atoms with Crippen molar-refractivity contribution < 1.29 is 14.3 Å². The summed E-state index contributed by atoms with van der Waals surface area (Å²) in [5.41, 5.74) is 0.566. The van der Waals surface area contributed by atoms with Gasteiger partial charge in [-0.3, -0.25) is 0 Å². The average Bonchev–Trinajstić information content (AvgIpc) is 2.87. The van der Waals surface area contributed by atoms with E-state index in [2.05, 4.69) is 26.1 Å². The number of hydrogen-bond acceptors (Lipinski definition) is 3. The summed E-state index contributed by atoms with van der Waals surface area (Å²) < 4.78 is 12.9. The maximum Gasteiger partial charge on any atom is 0.331 e. The lowest BCUT2D eigenvalue weighted by atomic mass is 9.95. The molecule has 1 heterocycles. The number of rotatable bonds is 4. The smallest absolute Gasteiger partial charge is 0.331 e. The number of carboxylic acid groups (broad SMARTS) is 1. The van der Waals surface area contributed by atoms with Crippen molar-refractivity contribution in [1.82, 2.24) is 0 Å². The number of aliphatic carboxylic acids is 1. The molecule has 0 aliphatic rings. The predicted molar refractivity (Wildman–Crippen MR) is 83.4 cm³/mol. The van der Waals surface area contributed by atoms with Gasteiger partial charge in [-0.05, 0) is 41.8 Å². The third kappa shape index (κ3) is 3.82. The molecule has 2 N–H and O–H groups in total. The third-order valence-electron chi connectivity index (χ3n) is 3.05. The molecule has 0 saturated heterocycles. The first-order valence-corrected chi connectivity index (χ1v) is 7.44. The molecule has 0 aliphatic heterocycles. The number of carboxylic acids is 1. The molecule has 2 rings (SSSR count). The van der Waals surface area contributed by atoms with Crippen LogP contribution in [0.25, 0.3) is 0 Å². The van der Waals surface area contributed by atoms with Gasteiger partial charge in [-0.2, -0.15) is 0 Å². The van der Waals surface area contributed by atoms with Crippen molar-refractivity contribution in [1.29, 1.82) is 0 Å². The maximum absolute atomic E-state index is 12.9. The topological polar surface area (TPSA) is 49.3 Å². The van der Waals surface area contributed by atoms with Crippen LogP contribution in [0.4, 0.5) is 10.1 Å². The van der Waals surface area contributed by atoms with E-state index in [9.17, 15) is 14.3 Å². The van der Waals surface area contributed by atoms with E-state index < -0.39 is 12.0 Å². The minimum Gasteiger partial charge on any atom is -0.479 e. The summed E-state index contributed by atoms with van der Waals surface area (Å²) in [4.78, 5) is 13.4. The van der Waals surface area contributed by atoms with Crippen LogP contribution in [0, 0.1) is 5.82 Å². The van der Waals surface area contributed by atoms with Gasteiger partial charge >= 0.3 is 5.97 Å². The molecular weight excluding hydrogens is 289 g/mol. The van der Waals surface area contributed by atoms with Crippen molar-refractivity contribution in [3.05, 3.63) is 52.0 Å². The summed E-state index contributed by atoms with van der Waals surface area (Å²) in [5.74, 6) is -1.31. The minimum absolute atomic E-state index is 0.0121. The molecule has 5 heteroatoms. The first kappa shape index (κ1) is 15.5. The molecule has 0 fully saturated rings. The average molecular weight is 307 g/mol. The zero-order chi connectivity index (χ0) is 15.6. The molecule has 21 heavy (non-hydrogen) atoms. The number of nitrogens with one attached hydrogen (secondary N) is 1. The van der Waals surface area contributed by atoms with E-state index in [0.717, 1.165) is 9.75 Å². The second-order valence-corrected chi connectivity index (χ2v) is 6.99. The SMILES string of the molecule is CC(C)(C)c1ccc(C(Nc2ccc(F)cc2)C(=O)O)s1. The van der Waals surface area contributed by atoms with E-state index in [1.807, 2.05) is 12.1 Å². The molecule has 1 atom stereocenters. The molecule has 0 aliphatic carbocycles. The van der Waals surface area contributed by atoms with E-state index >= 15 is 0 Å². The highest BCUT2D eigenvalue weighted by Crippen LogP contribution is 2.33. The van der Waals surface area contributed by atoms with Crippen molar-refractivity contribution in [3.63, 3.8) is 0 Å². The van der Waals surface area contributed by atoms with Gasteiger partial charge in [0.25, 0.3) is 0 Å². The van der Waals surface area contributed by atoms with Crippen LogP contribution in [-0.2, 0) is 10.2 Å². The molecule has 1 unspecified atom stereocenters. The van der Waals surface area contributed by atoms with Gasteiger partial charge in [0.05, 0.1) is 0 Å². The zero-order valence-corrected chi connectivity index (χ0v) is 13.0. The van der Waals surface area contributed by atoms with Gasteiger partial charge in [-0.1, -0.05) is 20.8 Å². The fourth-order valence-electron chi connectivity index (χ4n) is 1.88. The summed E-state index contributed by atoms with van der Waals surface area (Å²) in [7, 11) is 0. The maximum atomic E-state index is 12.9. The van der Waals surface area contributed by atoms with Gasteiger partial charge in [-0.25, -0.2) is 9.18 Å². The first-order valence-electron chi connectivity index (χ1n) is 6.62. The van der Waals surface area contributed by atoms with Crippen LogP contribution < -0.4 is 5.32 Å². The Labute approximate surface area is 127 Å². The van der Waals surface area contributed by atoms with E-state index in [4.69, 9.17) is 0 Å². The van der Waals surface area contributed by atoms with Crippen LogP contribution in [0.5, 0.6) is 0 Å². The third-order valence-corrected chi connectivity index (χ3v) is 4.63. The molecule has 112 valence electrons. The van der Waals surface area contributed by atoms with E-state index in [-0.39, 0.29) is 11.2 Å². The second-order valence-electron chi connectivity index (χ2n) is 5.87. The number of benzene rings is 1. The fourth-order valence-corrected chi connectivity index (χ4v) is 2.99. The lowest BCUT2D eigenvalue weighted by molar-refractivity contribution is -0.138. The molecule has 0 amide bonds. The fraction of sp³-hybridized carbons (Fsp3) is 0.312. The highest BCUT2D eigenvalue weighted by Gasteiger charge is 2.24. The largest absolute Gasteiger partial charge is 0.479 e. The Morgan fingerprint density at radius 3 is 2.29 bits per heavy atom. The minimum atomic E-state index is -0.957. The summed E-state index contributed by atoms with van der Waals surface area (Å²) >= 11 is 1.48. The van der Waals surface area contributed by atoms with Gasteiger partial charge in [0.2, 0.25) is 0 Å². The Hall–Kier alpha value is -1.88. The molecule has 2 aromatic rings. The summed E-state index contributed by atoms with van der Waals surface area (Å²) in [6.45, 7) is 6.27. The summed E-state index contributed by atoms with van der Waals surface area (Å²) in [6.07, 6.45) is 0. The summed E-state index contributed by atoms with van der Waals surface area (Å²) in [6, 6.07) is 8.62. The molecule has 0 bridgehead atoms. The predicted octanol–water partition coefficient (Wildman–Crippen LogP) is 4.42. The monoisotopic (exact) mass is 307 g/mol. The highest BCUT2D eigenvalue weighted by molar-refractivity contribution is 7.12. The number of carbonyl (C=O) groups is 1. The number of anilines is 1. The van der Waals surface area contributed by atoms with E-state index in [1.54, 1.807) is 0 Å². The standard InChI is InChI=1S/C16H18FNO2S/c1-16(2,3)13-9-8-12(21-13)14(15(19)20)18-11-6-4-10(17)5-7-11/h4-9,14,18H,1-3H3,(H,19,20). The Bertz CT molecular complexity index is 628. The zero-order valence-electron chi connectivity index (χ0n) is 12.2. The van der Waals surface area contributed by atoms with Crippen LogP contribution in [0.2, 0.25) is 0 Å². The van der Waals surface area contributed by atoms with Crippen LogP contribution in [-0.4, -0.2) is 11.1 Å². The Balaban J connectivity index is 2.25. The van der Waals surface area contributed by atoms with Crippen molar-refractivity contribution in [2.75, 3.05) is 5.32 Å². The van der Waals surface area contributed by atoms with Crippen molar-refractivity contribution in [2.45, 2.75) is 32.2 Å². The number of hydrogen-bond donors (Lipinski definition) is 2. The molecule has 0 spiro atoms. The van der Waals surface area contributed by atoms with Crippen molar-refractivity contribution >= 4 is 23.0 Å². The van der Waals surface area contributed by atoms with Gasteiger partial charge in [0.15, 0.2) is 6.04 Å². The Morgan fingerprint density at radius 1 is 1.19 bits per heavy atom. The highest BCUT2D eigenvalue weighted by atomic mass is 32.1. The Morgan fingerprint density at radius 2 is 1.81 bits per heavy atom. The van der Waals surface area contributed by atoms with Crippen molar-refractivity contribution in [2.24, 2.45) is 0 Å². The quantitative estimate of drug-likeness (QED) is 0.879. The van der Waals surface area contributed by atoms with Gasteiger partial charge in [0, 0.05) is 15.4 Å². The summed E-state index contributed by atoms with van der Waals surface area (Å²) in [5, 5.41) is 12.4. The molecule has 0 radical (unpaired) electrons. The number of halogens is 1. The lowest BCUT2D eigenvalue weighted by Crippen LogP contribution is -2.19. The van der Waals surface area contributed by atoms with Crippen LogP contribution in [0.1, 0.15) is 36.6 Å². The Kier molecular flexibility index (Phi) is 4.32. The molecule has 1 aromatic heterocycles. The second kappa shape index (κ2) is 5.85. The van der Waals surface area contributed by atoms with Gasteiger partial charge in [0.1, 0.15) is 5.82 Å². The molecule has 3 nitrogen and oxygen atoms in total. The van der Waals surface area contributed by atoms with E-state index in [0.29, 0.717) is 5.69 Å². The van der Waals surface area contributed by atoms with Gasteiger partial charge in [-0.15, -0.1) is 11.3 Å².